The minimum atomic E-state index is -1.04. The Kier molecular flexibility index (Phi) is 4.37. The largest absolute Gasteiger partial charge is 0.477 e. The van der Waals surface area contributed by atoms with E-state index in [2.05, 4.69) is 0 Å². The van der Waals surface area contributed by atoms with Crippen LogP contribution in [0.3, 0.4) is 0 Å². The number of hydrogen-bond acceptors (Lipinski definition) is 5. The number of fused-ring (bicyclic) bond motifs is 1. The van der Waals surface area contributed by atoms with Crippen LogP contribution in [0.2, 0.25) is 0 Å². The average molecular weight is 339 g/mol. The lowest BCUT2D eigenvalue weighted by atomic mass is 9.91. The number of amides is 1. The maximum absolute atomic E-state index is 12.2. The monoisotopic (exact) mass is 339 g/mol. The number of carboxylic acid groups (broad SMARTS) is 1. The SMILES string of the molecule is CC(=N)N1CCC(C2=C(C(=O)O)N3C(=O)[C@H](CCO)[C@H]3S2)CC1. The van der Waals surface area contributed by atoms with Gasteiger partial charge in [-0.1, -0.05) is 0 Å². The first-order valence-corrected chi connectivity index (χ1v) is 8.71. The second-order valence-electron chi connectivity index (χ2n) is 6.20. The van der Waals surface area contributed by atoms with Gasteiger partial charge in [0.25, 0.3) is 0 Å². The summed E-state index contributed by atoms with van der Waals surface area (Å²) >= 11 is 1.49. The third-order valence-corrected chi connectivity index (χ3v) is 6.42. The summed E-state index contributed by atoms with van der Waals surface area (Å²) in [5.74, 6) is -0.833. The van der Waals surface area contributed by atoms with Gasteiger partial charge in [-0.2, -0.15) is 0 Å². The van der Waals surface area contributed by atoms with Crippen LogP contribution in [0, 0.1) is 17.2 Å². The molecule has 3 N–H and O–H groups in total. The molecule has 0 aromatic rings. The molecule has 0 saturated carbocycles. The number of carbonyl (C=O) groups excluding carboxylic acids is 1. The van der Waals surface area contributed by atoms with Crippen molar-refractivity contribution >= 4 is 29.5 Å². The number of aliphatic carboxylic acids is 1. The van der Waals surface area contributed by atoms with Gasteiger partial charge in [-0.25, -0.2) is 4.79 Å². The van der Waals surface area contributed by atoms with Crippen LogP contribution in [0.4, 0.5) is 0 Å². The minimum absolute atomic E-state index is 0.0595. The van der Waals surface area contributed by atoms with Gasteiger partial charge in [0, 0.05) is 24.6 Å². The molecule has 23 heavy (non-hydrogen) atoms. The standard InChI is InChI=1S/C15H21N3O4S/c1-8(16)17-5-2-9(3-6-17)12-11(15(21)22)18-13(20)10(4-7-19)14(18)23-12/h9-10,14,16,19H,2-7H2,1H3,(H,21,22)/t10-,14+/m0/s1. The molecule has 2 saturated heterocycles. The Balaban J connectivity index is 1.78. The third kappa shape index (κ3) is 2.63. The molecule has 0 bridgehead atoms. The van der Waals surface area contributed by atoms with Crippen LogP contribution in [-0.2, 0) is 9.59 Å². The predicted molar refractivity (Wildman–Crippen MR) is 85.8 cm³/mol. The van der Waals surface area contributed by atoms with Crippen molar-refractivity contribution in [3.05, 3.63) is 10.6 Å². The zero-order chi connectivity index (χ0) is 16.7. The topological polar surface area (TPSA) is 105 Å². The molecule has 3 aliphatic rings. The summed E-state index contributed by atoms with van der Waals surface area (Å²) in [6.45, 7) is 3.19. The average Bonchev–Trinajstić information content (AvgIpc) is 2.89. The lowest BCUT2D eigenvalue weighted by Crippen LogP contribution is -2.57. The predicted octanol–water partition coefficient (Wildman–Crippen LogP) is 0.905. The van der Waals surface area contributed by atoms with Gasteiger partial charge < -0.3 is 15.1 Å². The lowest BCUT2D eigenvalue weighted by Gasteiger charge is -2.42. The molecule has 1 amide bonds. The third-order valence-electron chi connectivity index (χ3n) is 4.86. The molecule has 3 heterocycles. The zero-order valence-electron chi connectivity index (χ0n) is 13.0. The fourth-order valence-electron chi connectivity index (χ4n) is 3.58. The Labute approximate surface area is 138 Å². The number of aliphatic hydroxyl groups is 1. The first-order valence-electron chi connectivity index (χ1n) is 7.83. The Morgan fingerprint density at radius 3 is 2.57 bits per heavy atom. The van der Waals surface area contributed by atoms with Crippen molar-refractivity contribution in [2.75, 3.05) is 19.7 Å². The molecule has 2 atom stereocenters. The van der Waals surface area contributed by atoms with E-state index >= 15 is 0 Å². The summed E-state index contributed by atoms with van der Waals surface area (Å²) in [7, 11) is 0. The molecule has 2 fully saturated rings. The molecular formula is C15H21N3O4S. The summed E-state index contributed by atoms with van der Waals surface area (Å²) in [5.41, 5.74) is 0.143. The van der Waals surface area contributed by atoms with Crippen molar-refractivity contribution in [1.29, 1.82) is 5.41 Å². The Morgan fingerprint density at radius 2 is 2.04 bits per heavy atom. The van der Waals surface area contributed by atoms with Gasteiger partial charge in [0.15, 0.2) is 0 Å². The molecule has 8 heteroatoms. The van der Waals surface area contributed by atoms with E-state index in [1.165, 1.54) is 16.7 Å². The van der Waals surface area contributed by atoms with Gasteiger partial charge in [0.05, 0.1) is 17.1 Å². The molecule has 0 aromatic heterocycles. The number of carboxylic acids is 1. The quantitative estimate of drug-likeness (QED) is 0.399. The molecule has 3 rings (SSSR count). The number of nitrogens with zero attached hydrogens (tertiary/aromatic N) is 2. The fraction of sp³-hybridized carbons (Fsp3) is 0.667. The van der Waals surface area contributed by atoms with Crippen molar-refractivity contribution in [3.8, 4) is 0 Å². The number of hydrogen-bond donors (Lipinski definition) is 3. The molecule has 0 unspecified atom stereocenters. The maximum atomic E-state index is 12.2. The Bertz CT molecular complexity index is 583. The summed E-state index contributed by atoms with van der Waals surface area (Å²) in [6, 6.07) is 0. The van der Waals surface area contributed by atoms with Crippen molar-refractivity contribution < 1.29 is 19.8 Å². The van der Waals surface area contributed by atoms with E-state index in [1.807, 2.05) is 4.90 Å². The number of nitrogens with one attached hydrogen (secondary N) is 1. The van der Waals surface area contributed by atoms with Crippen molar-refractivity contribution in [2.24, 2.45) is 11.8 Å². The number of aliphatic hydroxyl groups excluding tert-OH is 1. The highest BCUT2D eigenvalue weighted by atomic mass is 32.2. The number of likely N-dealkylation sites (tertiary alicyclic amines) is 1. The molecule has 126 valence electrons. The molecule has 0 aliphatic carbocycles. The number of rotatable bonds is 4. The van der Waals surface area contributed by atoms with Crippen molar-refractivity contribution in [3.63, 3.8) is 0 Å². The summed E-state index contributed by atoms with van der Waals surface area (Å²) in [5, 5.41) is 26.1. The van der Waals surface area contributed by atoms with E-state index in [4.69, 9.17) is 10.5 Å². The number of thioether (sulfide) groups is 1. The first-order chi connectivity index (χ1) is 11.0. The highest BCUT2D eigenvalue weighted by molar-refractivity contribution is 8.04. The van der Waals surface area contributed by atoms with Crippen molar-refractivity contribution in [1.82, 2.24) is 9.80 Å². The van der Waals surface area contributed by atoms with Crippen LogP contribution < -0.4 is 0 Å². The van der Waals surface area contributed by atoms with Crippen LogP contribution in [-0.4, -0.2) is 62.8 Å². The van der Waals surface area contributed by atoms with Gasteiger partial charge in [0.2, 0.25) is 5.91 Å². The first kappa shape index (κ1) is 16.3. The highest BCUT2D eigenvalue weighted by Crippen LogP contribution is 2.53. The Hall–Kier alpha value is -1.54. The maximum Gasteiger partial charge on any atom is 0.353 e. The summed E-state index contributed by atoms with van der Waals surface area (Å²) in [4.78, 5) is 28.0. The number of β-lactam (4-membered cyclic amide) rings is 1. The Morgan fingerprint density at radius 1 is 1.39 bits per heavy atom. The number of amidine groups is 1. The summed E-state index contributed by atoms with van der Waals surface area (Å²) in [6.07, 6.45) is 1.99. The van der Waals surface area contributed by atoms with Crippen LogP contribution in [0.15, 0.2) is 10.6 Å². The van der Waals surface area contributed by atoms with Gasteiger partial charge in [-0.3, -0.25) is 15.1 Å². The van der Waals surface area contributed by atoms with Gasteiger partial charge in [0.1, 0.15) is 5.70 Å². The molecule has 7 nitrogen and oxygen atoms in total. The van der Waals surface area contributed by atoms with Gasteiger partial charge >= 0.3 is 5.97 Å². The van der Waals surface area contributed by atoms with E-state index in [-0.39, 0.29) is 35.4 Å². The second kappa shape index (κ2) is 6.16. The normalized spacial score (nSPS) is 28.0. The van der Waals surface area contributed by atoms with Crippen molar-refractivity contribution in [2.45, 2.75) is 31.6 Å². The minimum Gasteiger partial charge on any atom is -0.477 e. The number of allylic oxidation sites excluding steroid dienone is 1. The van der Waals surface area contributed by atoms with E-state index in [0.29, 0.717) is 12.3 Å². The number of carbonyl (C=O) groups is 2. The van der Waals surface area contributed by atoms with E-state index in [0.717, 1.165) is 30.8 Å². The van der Waals surface area contributed by atoms with E-state index in [9.17, 15) is 14.7 Å². The zero-order valence-corrected chi connectivity index (χ0v) is 13.8. The molecule has 0 spiro atoms. The van der Waals surface area contributed by atoms with Gasteiger partial charge in [-0.15, -0.1) is 11.8 Å². The molecular weight excluding hydrogens is 318 g/mol. The fourth-order valence-corrected chi connectivity index (χ4v) is 5.30. The highest BCUT2D eigenvalue weighted by Gasteiger charge is 2.56. The van der Waals surface area contributed by atoms with Crippen LogP contribution in [0.5, 0.6) is 0 Å². The van der Waals surface area contributed by atoms with E-state index < -0.39 is 5.97 Å². The number of piperidine rings is 1. The van der Waals surface area contributed by atoms with Gasteiger partial charge in [-0.05, 0) is 32.1 Å². The lowest BCUT2D eigenvalue weighted by molar-refractivity contribution is -0.152. The van der Waals surface area contributed by atoms with Crippen LogP contribution >= 0.6 is 11.8 Å². The van der Waals surface area contributed by atoms with Crippen LogP contribution in [0.25, 0.3) is 0 Å². The smallest absolute Gasteiger partial charge is 0.353 e. The van der Waals surface area contributed by atoms with E-state index in [1.54, 1.807) is 6.92 Å². The van der Waals surface area contributed by atoms with Crippen LogP contribution in [0.1, 0.15) is 26.2 Å². The molecule has 0 radical (unpaired) electrons. The molecule has 3 aliphatic heterocycles. The second-order valence-corrected chi connectivity index (χ2v) is 7.36. The molecule has 0 aromatic carbocycles. The summed E-state index contributed by atoms with van der Waals surface area (Å²) < 4.78 is 0.